The first-order valence-corrected chi connectivity index (χ1v) is 7.18. The third kappa shape index (κ3) is 3.55. The molecule has 0 fully saturated rings. The van der Waals surface area contributed by atoms with E-state index >= 15 is 0 Å². The topological polar surface area (TPSA) is 48.1 Å². The van der Waals surface area contributed by atoms with E-state index in [4.69, 9.17) is 10.5 Å². The molecule has 0 spiro atoms. The Labute approximate surface area is 126 Å². The molecule has 20 heavy (non-hydrogen) atoms. The van der Waals surface area contributed by atoms with E-state index in [9.17, 15) is 4.39 Å². The first-order valence-electron chi connectivity index (χ1n) is 6.39. The average Bonchev–Trinajstić information content (AvgIpc) is 2.46. The predicted octanol–water partition coefficient (Wildman–Crippen LogP) is 3.84. The highest BCUT2D eigenvalue weighted by Crippen LogP contribution is 2.31. The van der Waals surface area contributed by atoms with E-state index in [0.717, 1.165) is 12.0 Å². The molecule has 106 valence electrons. The van der Waals surface area contributed by atoms with Crippen LogP contribution < -0.4 is 10.5 Å². The molecule has 2 rings (SSSR count). The van der Waals surface area contributed by atoms with Crippen LogP contribution in [0.25, 0.3) is 0 Å². The minimum Gasteiger partial charge on any atom is -0.483 e. The first kappa shape index (κ1) is 14.9. The lowest BCUT2D eigenvalue weighted by Gasteiger charge is -2.25. The fourth-order valence-corrected chi connectivity index (χ4v) is 2.31. The maximum absolute atomic E-state index is 13.1. The van der Waals surface area contributed by atoms with Gasteiger partial charge in [-0.15, -0.1) is 0 Å². The van der Waals surface area contributed by atoms with Crippen LogP contribution in [-0.2, 0) is 0 Å². The standard InChI is InChI=1S/C15H16BrFN2O/c1-2-13(18)15(10-4-3-7-19-9-10)20-14-6-5-11(17)8-12(14)16/h3-9,13,15H,2,18H2,1H3. The summed E-state index contributed by atoms with van der Waals surface area (Å²) < 4.78 is 19.6. The zero-order valence-electron chi connectivity index (χ0n) is 11.1. The Morgan fingerprint density at radius 2 is 2.20 bits per heavy atom. The summed E-state index contributed by atoms with van der Waals surface area (Å²) in [6, 6.07) is 7.91. The molecule has 2 atom stereocenters. The van der Waals surface area contributed by atoms with Gasteiger partial charge in [0.05, 0.1) is 4.47 Å². The first-order chi connectivity index (χ1) is 9.61. The summed E-state index contributed by atoms with van der Waals surface area (Å²) in [7, 11) is 0. The number of pyridine rings is 1. The fraction of sp³-hybridized carbons (Fsp3) is 0.267. The molecule has 2 unspecified atom stereocenters. The van der Waals surface area contributed by atoms with Crippen molar-refractivity contribution >= 4 is 15.9 Å². The molecule has 0 bridgehead atoms. The Morgan fingerprint density at radius 3 is 2.80 bits per heavy atom. The Hall–Kier alpha value is -1.46. The van der Waals surface area contributed by atoms with Crippen LogP contribution in [-0.4, -0.2) is 11.0 Å². The maximum atomic E-state index is 13.1. The van der Waals surface area contributed by atoms with Crippen molar-refractivity contribution in [1.82, 2.24) is 4.98 Å². The van der Waals surface area contributed by atoms with Gasteiger partial charge in [0.1, 0.15) is 17.7 Å². The second-order valence-electron chi connectivity index (χ2n) is 4.47. The molecule has 0 radical (unpaired) electrons. The summed E-state index contributed by atoms with van der Waals surface area (Å²) >= 11 is 3.30. The van der Waals surface area contributed by atoms with Gasteiger partial charge in [-0.1, -0.05) is 13.0 Å². The van der Waals surface area contributed by atoms with Crippen LogP contribution in [0, 0.1) is 5.82 Å². The Bertz CT molecular complexity index is 565. The van der Waals surface area contributed by atoms with Crippen LogP contribution in [0.5, 0.6) is 5.75 Å². The average molecular weight is 339 g/mol. The van der Waals surface area contributed by atoms with Crippen LogP contribution in [0.3, 0.4) is 0 Å². The highest BCUT2D eigenvalue weighted by Gasteiger charge is 2.21. The van der Waals surface area contributed by atoms with Gasteiger partial charge < -0.3 is 10.5 Å². The monoisotopic (exact) mass is 338 g/mol. The summed E-state index contributed by atoms with van der Waals surface area (Å²) in [5.41, 5.74) is 7.04. The van der Waals surface area contributed by atoms with Crippen LogP contribution in [0.4, 0.5) is 4.39 Å². The van der Waals surface area contributed by atoms with Gasteiger partial charge in [0.25, 0.3) is 0 Å². The molecule has 0 saturated carbocycles. The van der Waals surface area contributed by atoms with Crippen molar-refractivity contribution in [3.63, 3.8) is 0 Å². The molecule has 2 N–H and O–H groups in total. The molecular formula is C15H16BrFN2O. The Morgan fingerprint density at radius 1 is 1.40 bits per heavy atom. The highest BCUT2D eigenvalue weighted by atomic mass is 79.9. The van der Waals surface area contributed by atoms with E-state index in [1.807, 2.05) is 19.1 Å². The lowest BCUT2D eigenvalue weighted by atomic mass is 10.0. The SMILES string of the molecule is CCC(N)C(Oc1ccc(F)cc1Br)c1cccnc1. The Kier molecular flexibility index (Phi) is 5.09. The van der Waals surface area contributed by atoms with Crippen molar-refractivity contribution in [2.45, 2.75) is 25.5 Å². The molecule has 0 aliphatic heterocycles. The van der Waals surface area contributed by atoms with Crippen molar-refractivity contribution in [3.05, 3.63) is 58.6 Å². The van der Waals surface area contributed by atoms with E-state index in [1.54, 1.807) is 18.5 Å². The third-order valence-electron chi connectivity index (χ3n) is 3.02. The van der Waals surface area contributed by atoms with E-state index in [-0.39, 0.29) is 18.0 Å². The van der Waals surface area contributed by atoms with Gasteiger partial charge >= 0.3 is 0 Å². The van der Waals surface area contributed by atoms with E-state index in [0.29, 0.717) is 10.2 Å². The summed E-state index contributed by atoms with van der Waals surface area (Å²) in [5, 5.41) is 0. The van der Waals surface area contributed by atoms with Crippen molar-refractivity contribution in [1.29, 1.82) is 0 Å². The van der Waals surface area contributed by atoms with Gasteiger partial charge in [0.15, 0.2) is 0 Å². The zero-order chi connectivity index (χ0) is 14.5. The number of hydrogen-bond acceptors (Lipinski definition) is 3. The van der Waals surface area contributed by atoms with Crippen LogP contribution >= 0.6 is 15.9 Å². The number of rotatable bonds is 5. The largest absolute Gasteiger partial charge is 0.483 e. The molecule has 5 heteroatoms. The lowest BCUT2D eigenvalue weighted by Crippen LogP contribution is -2.31. The van der Waals surface area contributed by atoms with Gasteiger partial charge in [0.2, 0.25) is 0 Å². The number of nitrogens with zero attached hydrogens (tertiary/aromatic N) is 1. The fourth-order valence-electron chi connectivity index (χ4n) is 1.87. The molecule has 1 heterocycles. The minimum absolute atomic E-state index is 0.170. The second kappa shape index (κ2) is 6.81. The van der Waals surface area contributed by atoms with Gasteiger partial charge in [-0.3, -0.25) is 4.98 Å². The molecule has 2 aromatic rings. The van der Waals surface area contributed by atoms with Crippen LogP contribution in [0.15, 0.2) is 47.2 Å². The molecule has 0 saturated heterocycles. The lowest BCUT2D eigenvalue weighted by molar-refractivity contribution is 0.169. The van der Waals surface area contributed by atoms with Crippen molar-refractivity contribution in [2.75, 3.05) is 0 Å². The van der Waals surface area contributed by atoms with E-state index in [1.165, 1.54) is 12.1 Å². The molecule has 0 aliphatic rings. The smallest absolute Gasteiger partial charge is 0.140 e. The number of benzene rings is 1. The summed E-state index contributed by atoms with van der Waals surface area (Å²) in [6.07, 6.45) is 3.87. The number of aromatic nitrogens is 1. The van der Waals surface area contributed by atoms with Crippen molar-refractivity contribution < 1.29 is 9.13 Å². The van der Waals surface area contributed by atoms with Gasteiger partial charge in [-0.25, -0.2) is 4.39 Å². The maximum Gasteiger partial charge on any atom is 0.140 e. The molecule has 0 amide bonds. The molecule has 1 aromatic heterocycles. The molecule has 1 aromatic carbocycles. The minimum atomic E-state index is -0.324. The van der Waals surface area contributed by atoms with Crippen molar-refractivity contribution in [3.8, 4) is 5.75 Å². The quantitative estimate of drug-likeness (QED) is 0.900. The molecule has 3 nitrogen and oxygen atoms in total. The Balaban J connectivity index is 2.29. The molecular weight excluding hydrogens is 323 g/mol. The summed E-state index contributed by atoms with van der Waals surface area (Å²) in [4.78, 5) is 4.09. The number of halogens is 2. The molecule has 0 aliphatic carbocycles. The van der Waals surface area contributed by atoms with Gasteiger partial charge in [-0.2, -0.15) is 0 Å². The third-order valence-corrected chi connectivity index (χ3v) is 3.64. The predicted molar refractivity (Wildman–Crippen MR) is 80.0 cm³/mol. The summed E-state index contributed by atoms with van der Waals surface area (Å²) in [5.74, 6) is 0.242. The summed E-state index contributed by atoms with van der Waals surface area (Å²) in [6.45, 7) is 2.00. The van der Waals surface area contributed by atoms with Crippen LogP contribution in [0.2, 0.25) is 0 Å². The number of ether oxygens (including phenoxy) is 1. The number of hydrogen-bond donors (Lipinski definition) is 1. The normalized spacial score (nSPS) is 13.8. The highest BCUT2D eigenvalue weighted by molar-refractivity contribution is 9.10. The van der Waals surface area contributed by atoms with Gasteiger partial charge in [0, 0.05) is 24.0 Å². The zero-order valence-corrected chi connectivity index (χ0v) is 12.7. The van der Waals surface area contributed by atoms with Gasteiger partial charge in [-0.05, 0) is 46.6 Å². The van der Waals surface area contributed by atoms with Crippen molar-refractivity contribution in [2.24, 2.45) is 5.73 Å². The number of nitrogens with two attached hydrogens (primary N) is 1. The van der Waals surface area contributed by atoms with E-state index < -0.39 is 0 Å². The van der Waals surface area contributed by atoms with Crippen LogP contribution in [0.1, 0.15) is 25.0 Å². The van der Waals surface area contributed by atoms with E-state index in [2.05, 4.69) is 20.9 Å². The second-order valence-corrected chi connectivity index (χ2v) is 5.33.